The van der Waals surface area contributed by atoms with Crippen LogP contribution in [0.15, 0.2) is 23.1 Å². The summed E-state index contributed by atoms with van der Waals surface area (Å²) in [7, 11) is -3.42. The zero-order chi connectivity index (χ0) is 15.5. The Morgan fingerprint density at radius 2 is 2.05 bits per heavy atom. The molecule has 5 heteroatoms. The lowest BCUT2D eigenvalue weighted by atomic mass is 10.1. The summed E-state index contributed by atoms with van der Waals surface area (Å²) in [4.78, 5) is 0.414. The van der Waals surface area contributed by atoms with E-state index in [9.17, 15) is 8.42 Å². The van der Waals surface area contributed by atoms with Crippen molar-refractivity contribution in [3.63, 3.8) is 0 Å². The van der Waals surface area contributed by atoms with Crippen molar-refractivity contribution in [2.45, 2.75) is 57.5 Å². The highest BCUT2D eigenvalue weighted by atomic mass is 32.2. The third kappa shape index (κ3) is 4.05. The van der Waals surface area contributed by atoms with Crippen LogP contribution in [0.2, 0.25) is 0 Å². The number of hydrogen-bond acceptors (Lipinski definition) is 3. The van der Waals surface area contributed by atoms with Crippen LogP contribution in [0.5, 0.6) is 0 Å². The Morgan fingerprint density at radius 3 is 2.67 bits per heavy atom. The van der Waals surface area contributed by atoms with Crippen LogP contribution in [0.3, 0.4) is 0 Å². The van der Waals surface area contributed by atoms with Crippen molar-refractivity contribution < 1.29 is 8.42 Å². The van der Waals surface area contributed by atoms with Crippen LogP contribution in [0.4, 0.5) is 0 Å². The van der Waals surface area contributed by atoms with Crippen molar-refractivity contribution >= 4 is 10.0 Å². The Kier molecular flexibility index (Phi) is 5.41. The summed E-state index contributed by atoms with van der Waals surface area (Å²) >= 11 is 0. The van der Waals surface area contributed by atoms with Gasteiger partial charge in [-0.05, 0) is 55.8 Å². The van der Waals surface area contributed by atoms with Gasteiger partial charge in [0.05, 0.1) is 4.90 Å². The number of benzene rings is 1. The maximum absolute atomic E-state index is 12.6. The zero-order valence-electron chi connectivity index (χ0n) is 13.1. The molecule has 0 saturated heterocycles. The monoisotopic (exact) mass is 310 g/mol. The lowest BCUT2D eigenvalue weighted by Gasteiger charge is -2.16. The molecule has 0 aliphatic heterocycles. The molecule has 0 spiro atoms. The Bertz CT molecular complexity index is 584. The number of rotatable bonds is 6. The minimum Gasteiger partial charge on any atom is -0.313 e. The van der Waals surface area contributed by atoms with Crippen LogP contribution in [0.25, 0.3) is 0 Å². The highest BCUT2D eigenvalue weighted by Crippen LogP contribution is 2.27. The predicted molar refractivity (Wildman–Crippen MR) is 85.7 cm³/mol. The molecule has 1 aromatic carbocycles. The van der Waals surface area contributed by atoms with E-state index >= 15 is 0 Å². The molecule has 1 saturated carbocycles. The smallest absolute Gasteiger partial charge is 0.241 e. The van der Waals surface area contributed by atoms with Gasteiger partial charge in [0.1, 0.15) is 0 Å². The molecule has 0 bridgehead atoms. The Morgan fingerprint density at radius 1 is 1.29 bits per heavy atom. The lowest BCUT2D eigenvalue weighted by Crippen LogP contribution is -2.33. The molecule has 0 heterocycles. The van der Waals surface area contributed by atoms with Crippen LogP contribution in [0.1, 0.15) is 44.2 Å². The lowest BCUT2D eigenvalue weighted by molar-refractivity contribution is 0.538. The van der Waals surface area contributed by atoms with Crippen LogP contribution in [-0.4, -0.2) is 21.0 Å². The van der Waals surface area contributed by atoms with E-state index in [1.54, 1.807) is 6.07 Å². The maximum atomic E-state index is 12.6. The standard InChI is InChI=1S/C16H26N2O2S/c1-4-17-11-14-6-5-7-16(13(14)3)21(19,20)18-15-9-8-12(2)10-15/h5-7,12,15,17-18H,4,8-11H2,1-3H3. The van der Waals surface area contributed by atoms with Gasteiger partial charge in [0.2, 0.25) is 10.0 Å². The van der Waals surface area contributed by atoms with Gasteiger partial charge in [0, 0.05) is 12.6 Å². The molecule has 21 heavy (non-hydrogen) atoms. The summed E-state index contributed by atoms with van der Waals surface area (Å²) in [6.45, 7) is 7.68. The average molecular weight is 310 g/mol. The van der Waals surface area contributed by atoms with Gasteiger partial charge < -0.3 is 5.32 Å². The van der Waals surface area contributed by atoms with Gasteiger partial charge in [-0.1, -0.05) is 26.0 Å². The van der Waals surface area contributed by atoms with E-state index in [2.05, 4.69) is 17.0 Å². The Labute approximate surface area is 128 Å². The van der Waals surface area contributed by atoms with Crippen LogP contribution in [-0.2, 0) is 16.6 Å². The van der Waals surface area contributed by atoms with E-state index in [0.29, 0.717) is 17.4 Å². The summed E-state index contributed by atoms with van der Waals surface area (Å²) < 4.78 is 28.1. The van der Waals surface area contributed by atoms with E-state index < -0.39 is 10.0 Å². The molecule has 0 radical (unpaired) electrons. The van der Waals surface area contributed by atoms with Crippen molar-refractivity contribution in [2.75, 3.05) is 6.54 Å². The zero-order valence-corrected chi connectivity index (χ0v) is 14.0. The Hall–Kier alpha value is -0.910. The van der Waals surface area contributed by atoms with Gasteiger partial charge in [-0.2, -0.15) is 0 Å². The third-order valence-electron chi connectivity index (χ3n) is 4.27. The molecule has 118 valence electrons. The van der Waals surface area contributed by atoms with E-state index in [-0.39, 0.29) is 6.04 Å². The van der Waals surface area contributed by atoms with Crippen molar-refractivity contribution in [2.24, 2.45) is 5.92 Å². The summed E-state index contributed by atoms with van der Waals surface area (Å²) in [5.41, 5.74) is 1.89. The minimum absolute atomic E-state index is 0.0850. The van der Waals surface area contributed by atoms with Gasteiger partial charge in [-0.25, -0.2) is 13.1 Å². The largest absolute Gasteiger partial charge is 0.313 e. The molecule has 0 amide bonds. The van der Waals surface area contributed by atoms with Gasteiger partial charge >= 0.3 is 0 Å². The first-order chi connectivity index (χ1) is 9.94. The summed E-state index contributed by atoms with van der Waals surface area (Å²) in [5.74, 6) is 0.610. The van der Waals surface area contributed by atoms with Crippen molar-refractivity contribution in [3.05, 3.63) is 29.3 Å². The summed E-state index contributed by atoms with van der Waals surface area (Å²) in [5, 5.41) is 3.25. The normalized spacial score (nSPS) is 22.6. The van der Waals surface area contributed by atoms with E-state index in [1.807, 2.05) is 26.0 Å². The van der Waals surface area contributed by atoms with Gasteiger partial charge in [0.15, 0.2) is 0 Å². The molecule has 2 rings (SSSR count). The number of hydrogen-bond donors (Lipinski definition) is 2. The SMILES string of the molecule is CCNCc1cccc(S(=O)(=O)NC2CCC(C)C2)c1C. The molecule has 2 N–H and O–H groups in total. The maximum Gasteiger partial charge on any atom is 0.241 e. The number of nitrogens with one attached hydrogen (secondary N) is 2. The van der Waals surface area contributed by atoms with Crippen LogP contribution < -0.4 is 10.0 Å². The first-order valence-electron chi connectivity index (χ1n) is 7.75. The van der Waals surface area contributed by atoms with Gasteiger partial charge in [0.25, 0.3) is 0 Å². The molecular weight excluding hydrogens is 284 g/mol. The summed E-state index contributed by atoms with van der Waals surface area (Å²) in [6, 6.07) is 5.59. The Balaban J connectivity index is 2.19. The quantitative estimate of drug-likeness (QED) is 0.849. The first kappa shape index (κ1) is 16.5. The second kappa shape index (κ2) is 6.90. The fourth-order valence-electron chi connectivity index (χ4n) is 3.00. The van der Waals surface area contributed by atoms with Crippen molar-refractivity contribution in [3.8, 4) is 0 Å². The fraction of sp³-hybridized carbons (Fsp3) is 0.625. The molecule has 4 nitrogen and oxygen atoms in total. The van der Waals surface area contributed by atoms with E-state index in [0.717, 1.165) is 36.9 Å². The van der Waals surface area contributed by atoms with Gasteiger partial charge in [-0.15, -0.1) is 0 Å². The third-order valence-corrected chi connectivity index (χ3v) is 5.93. The highest BCUT2D eigenvalue weighted by Gasteiger charge is 2.27. The van der Waals surface area contributed by atoms with Crippen LogP contribution >= 0.6 is 0 Å². The molecule has 2 unspecified atom stereocenters. The van der Waals surface area contributed by atoms with Gasteiger partial charge in [-0.3, -0.25) is 0 Å². The highest BCUT2D eigenvalue weighted by molar-refractivity contribution is 7.89. The molecule has 1 aliphatic rings. The number of sulfonamides is 1. The van der Waals surface area contributed by atoms with Crippen molar-refractivity contribution in [1.82, 2.24) is 10.0 Å². The predicted octanol–water partition coefficient (Wildman–Crippen LogP) is 2.57. The van der Waals surface area contributed by atoms with Crippen LogP contribution in [0, 0.1) is 12.8 Å². The molecule has 1 aliphatic carbocycles. The second-order valence-corrected chi connectivity index (χ2v) is 7.74. The van der Waals surface area contributed by atoms with E-state index in [1.165, 1.54) is 0 Å². The molecule has 1 fully saturated rings. The molecular formula is C16H26N2O2S. The molecule has 2 atom stereocenters. The van der Waals surface area contributed by atoms with E-state index in [4.69, 9.17) is 0 Å². The summed E-state index contributed by atoms with van der Waals surface area (Å²) in [6.07, 6.45) is 2.98. The fourth-order valence-corrected chi connectivity index (χ4v) is 4.57. The average Bonchev–Trinajstić information content (AvgIpc) is 2.82. The minimum atomic E-state index is -3.42. The van der Waals surface area contributed by atoms with Crippen molar-refractivity contribution in [1.29, 1.82) is 0 Å². The first-order valence-corrected chi connectivity index (χ1v) is 9.24. The second-order valence-electron chi connectivity index (χ2n) is 6.06. The molecule has 0 aromatic heterocycles. The topological polar surface area (TPSA) is 58.2 Å². The molecule has 1 aromatic rings.